The predicted octanol–water partition coefficient (Wildman–Crippen LogP) is 5.11. The maximum atomic E-state index is 10.9. The van der Waals surface area contributed by atoms with E-state index in [4.69, 9.17) is 9.47 Å². The molecule has 0 saturated heterocycles. The Morgan fingerprint density at radius 3 is 2.59 bits per heavy atom. The van der Waals surface area contributed by atoms with Gasteiger partial charge in [0.15, 0.2) is 0 Å². The van der Waals surface area contributed by atoms with E-state index >= 15 is 0 Å². The Kier molecular flexibility index (Phi) is 4.50. The number of methoxy groups -OCH3 is 1. The van der Waals surface area contributed by atoms with E-state index in [9.17, 15) is 10.0 Å². The number of nitroso groups, excluding NO2 is 1. The standard InChI is InChI=1S/C22H19NO4/c1-26-18-4-2-3-15(11-18)22-19-10-7-16(23-25)12-21(19)27-13-20(22)14-5-8-17(24)9-6-14/h2-12,20,22,24H,13H2,1H3. The minimum absolute atomic E-state index is 0.0223. The summed E-state index contributed by atoms with van der Waals surface area (Å²) in [5.41, 5.74) is 3.52. The number of rotatable bonds is 4. The zero-order valence-electron chi connectivity index (χ0n) is 14.8. The van der Waals surface area contributed by atoms with E-state index in [2.05, 4.69) is 11.2 Å². The molecule has 0 bridgehead atoms. The Morgan fingerprint density at radius 1 is 1.04 bits per heavy atom. The van der Waals surface area contributed by atoms with Gasteiger partial charge in [0.2, 0.25) is 0 Å². The van der Waals surface area contributed by atoms with E-state index in [1.807, 2.05) is 36.4 Å². The van der Waals surface area contributed by atoms with Gasteiger partial charge in [-0.1, -0.05) is 30.3 Å². The van der Waals surface area contributed by atoms with Crippen molar-refractivity contribution < 1.29 is 14.6 Å². The molecule has 1 aliphatic heterocycles. The zero-order chi connectivity index (χ0) is 18.8. The van der Waals surface area contributed by atoms with Gasteiger partial charge in [-0.25, -0.2) is 0 Å². The highest BCUT2D eigenvalue weighted by atomic mass is 16.5. The first-order valence-electron chi connectivity index (χ1n) is 8.72. The minimum atomic E-state index is 0.0223. The van der Waals surface area contributed by atoms with Gasteiger partial charge in [-0.05, 0) is 46.6 Å². The maximum absolute atomic E-state index is 10.9. The van der Waals surface area contributed by atoms with Crippen LogP contribution >= 0.6 is 0 Å². The molecule has 0 aromatic heterocycles. The normalized spacial score (nSPS) is 18.3. The van der Waals surface area contributed by atoms with Crippen LogP contribution in [0.2, 0.25) is 0 Å². The monoisotopic (exact) mass is 361 g/mol. The van der Waals surface area contributed by atoms with Crippen molar-refractivity contribution in [1.82, 2.24) is 0 Å². The molecule has 1 N–H and O–H groups in total. The molecule has 0 spiro atoms. The summed E-state index contributed by atoms with van der Waals surface area (Å²) < 4.78 is 11.4. The molecule has 2 atom stereocenters. The van der Waals surface area contributed by atoms with Crippen LogP contribution in [0.25, 0.3) is 0 Å². The number of aromatic hydroxyl groups is 1. The maximum Gasteiger partial charge on any atom is 0.125 e. The van der Waals surface area contributed by atoms with E-state index in [1.165, 1.54) is 0 Å². The molecular formula is C22H19NO4. The average Bonchev–Trinajstić information content (AvgIpc) is 2.73. The summed E-state index contributed by atoms with van der Waals surface area (Å²) in [7, 11) is 1.65. The summed E-state index contributed by atoms with van der Waals surface area (Å²) in [6.45, 7) is 0.460. The van der Waals surface area contributed by atoms with Gasteiger partial charge >= 0.3 is 0 Å². The quantitative estimate of drug-likeness (QED) is 0.656. The summed E-state index contributed by atoms with van der Waals surface area (Å²) in [4.78, 5) is 10.9. The van der Waals surface area contributed by atoms with E-state index in [1.54, 1.807) is 31.4 Å². The molecule has 27 heavy (non-hydrogen) atoms. The summed E-state index contributed by atoms with van der Waals surface area (Å²) in [6, 6.07) is 20.5. The van der Waals surface area contributed by atoms with Crippen molar-refractivity contribution >= 4 is 5.69 Å². The van der Waals surface area contributed by atoms with Gasteiger partial charge in [0.1, 0.15) is 22.9 Å². The Labute approximate surface area is 157 Å². The lowest BCUT2D eigenvalue weighted by Crippen LogP contribution is -2.25. The second kappa shape index (κ2) is 7.11. The Hall–Kier alpha value is -3.34. The molecule has 1 aliphatic rings. The van der Waals surface area contributed by atoms with E-state index in [0.29, 0.717) is 18.0 Å². The number of phenols is 1. The largest absolute Gasteiger partial charge is 0.508 e. The molecule has 3 aromatic rings. The summed E-state index contributed by atoms with van der Waals surface area (Å²) >= 11 is 0. The first-order valence-corrected chi connectivity index (χ1v) is 8.72. The lowest BCUT2D eigenvalue weighted by molar-refractivity contribution is 0.249. The van der Waals surface area contributed by atoms with Crippen LogP contribution in [-0.2, 0) is 0 Å². The van der Waals surface area contributed by atoms with Gasteiger partial charge in [0.05, 0.1) is 13.7 Å². The molecule has 0 saturated carbocycles. The molecule has 0 fully saturated rings. The Morgan fingerprint density at radius 2 is 1.85 bits per heavy atom. The van der Waals surface area contributed by atoms with Crippen LogP contribution in [0.4, 0.5) is 5.69 Å². The van der Waals surface area contributed by atoms with Crippen LogP contribution in [0.1, 0.15) is 28.5 Å². The lowest BCUT2D eigenvalue weighted by Gasteiger charge is -2.34. The minimum Gasteiger partial charge on any atom is -0.508 e. The van der Waals surface area contributed by atoms with Crippen LogP contribution in [0, 0.1) is 4.91 Å². The molecule has 5 heteroatoms. The first-order chi connectivity index (χ1) is 13.2. The number of benzene rings is 3. The summed E-state index contributed by atoms with van der Waals surface area (Å²) in [5.74, 6) is 1.77. The van der Waals surface area contributed by atoms with Crippen LogP contribution in [-0.4, -0.2) is 18.8 Å². The first kappa shape index (κ1) is 17.1. The van der Waals surface area contributed by atoms with Gasteiger partial charge in [-0.15, -0.1) is 4.91 Å². The SMILES string of the molecule is COc1cccc(C2c3ccc(N=O)cc3OCC2c2ccc(O)cc2)c1. The topological polar surface area (TPSA) is 68.1 Å². The second-order valence-electron chi connectivity index (χ2n) is 6.58. The number of hydrogen-bond donors (Lipinski definition) is 1. The van der Waals surface area contributed by atoms with Crippen molar-refractivity contribution in [2.75, 3.05) is 13.7 Å². The fourth-order valence-corrected chi connectivity index (χ4v) is 3.71. The smallest absolute Gasteiger partial charge is 0.125 e. The molecule has 0 aliphatic carbocycles. The van der Waals surface area contributed by atoms with Crippen molar-refractivity contribution in [2.45, 2.75) is 11.8 Å². The Balaban J connectivity index is 1.85. The number of ether oxygens (including phenoxy) is 2. The molecule has 136 valence electrons. The molecule has 5 nitrogen and oxygen atoms in total. The van der Waals surface area contributed by atoms with Crippen molar-refractivity contribution in [1.29, 1.82) is 0 Å². The fraction of sp³-hybridized carbons (Fsp3) is 0.182. The Bertz CT molecular complexity index is 968. The van der Waals surface area contributed by atoms with Crippen molar-refractivity contribution in [3.05, 3.63) is 88.3 Å². The van der Waals surface area contributed by atoms with Gasteiger partial charge in [-0.3, -0.25) is 0 Å². The highest BCUT2D eigenvalue weighted by Gasteiger charge is 2.33. The molecule has 1 heterocycles. The second-order valence-corrected chi connectivity index (χ2v) is 6.58. The number of phenolic OH excluding ortho intramolecular Hbond substituents is 1. The summed E-state index contributed by atoms with van der Waals surface area (Å²) in [5, 5.41) is 12.6. The van der Waals surface area contributed by atoms with Gasteiger partial charge < -0.3 is 14.6 Å². The van der Waals surface area contributed by atoms with Crippen LogP contribution in [0.5, 0.6) is 17.2 Å². The van der Waals surface area contributed by atoms with Crippen molar-refractivity contribution in [3.63, 3.8) is 0 Å². The molecule has 4 rings (SSSR count). The lowest BCUT2D eigenvalue weighted by atomic mass is 9.76. The number of hydrogen-bond acceptors (Lipinski definition) is 5. The molecule has 3 aromatic carbocycles. The fourth-order valence-electron chi connectivity index (χ4n) is 3.71. The summed E-state index contributed by atoms with van der Waals surface area (Å²) in [6.07, 6.45) is 0. The highest BCUT2D eigenvalue weighted by molar-refractivity contribution is 5.54. The van der Waals surface area contributed by atoms with Crippen LogP contribution in [0.15, 0.2) is 71.9 Å². The van der Waals surface area contributed by atoms with Gasteiger partial charge in [0, 0.05) is 23.5 Å². The molecule has 0 amide bonds. The van der Waals surface area contributed by atoms with Crippen LogP contribution in [0.3, 0.4) is 0 Å². The third-order valence-electron chi connectivity index (χ3n) is 5.03. The van der Waals surface area contributed by atoms with E-state index in [0.717, 1.165) is 22.4 Å². The third kappa shape index (κ3) is 3.24. The molecular weight excluding hydrogens is 342 g/mol. The average molecular weight is 361 g/mol. The van der Waals surface area contributed by atoms with Crippen molar-refractivity contribution in [2.24, 2.45) is 5.18 Å². The number of fused-ring (bicyclic) bond motifs is 1. The number of nitrogens with zero attached hydrogens (tertiary/aromatic N) is 1. The zero-order valence-corrected chi connectivity index (χ0v) is 14.8. The van der Waals surface area contributed by atoms with E-state index < -0.39 is 0 Å². The third-order valence-corrected chi connectivity index (χ3v) is 5.03. The van der Waals surface area contributed by atoms with Gasteiger partial charge in [0.25, 0.3) is 0 Å². The van der Waals surface area contributed by atoms with Gasteiger partial charge in [-0.2, -0.15) is 0 Å². The van der Waals surface area contributed by atoms with E-state index in [-0.39, 0.29) is 17.6 Å². The molecule has 0 radical (unpaired) electrons. The van der Waals surface area contributed by atoms with Crippen LogP contribution < -0.4 is 9.47 Å². The van der Waals surface area contributed by atoms with Crippen molar-refractivity contribution in [3.8, 4) is 17.2 Å². The highest BCUT2D eigenvalue weighted by Crippen LogP contribution is 2.47. The molecule has 2 unspecified atom stereocenters. The predicted molar refractivity (Wildman–Crippen MR) is 103 cm³/mol.